The van der Waals surface area contributed by atoms with E-state index < -0.39 is 31.2 Å². The fraction of sp³-hybridized carbons (Fsp3) is 0.889. The molecule has 0 spiro atoms. The highest BCUT2D eigenvalue weighted by Crippen LogP contribution is 2.52. The van der Waals surface area contributed by atoms with E-state index in [0.29, 0.717) is 6.42 Å². The third kappa shape index (κ3) is 3.85. The van der Waals surface area contributed by atoms with Gasteiger partial charge in [0.25, 0.3) is 0 Å². The fourth-order valence-electron chi connectivity index (χ4n) is 5.07. The van der Waals surface area contributed by atoms with Crippen molar-refractivity contribution in [3.63, 3.8) is 0 Å². The Bertz CT molecular complexity index is 411. The van der Waals surface area contributed by atoms with Crippen LogP contribution in [0.25, 0.3) is 0 Å². The highest BCUT2D eigenvalue weighted by atomic mass is 28.3. The van der Waals surface area contributed by atoms with Gasteiger partial charge in [-0.15, -0.1) is 0 Å². The summed E-state index contributed by atoms with van der Waals surface area (Å²) in [5, 5.41) is 29.1. The number of carbonyl (C=O) groups is 2. The minimum atomic E-state index is -2.96. The highest BCUT2D eigenvalue weighted by molar-refractivity contribution is 6.88. The van der Waals surface area contributed by atoms with Gasteiger partial charge in [0.1, 0.15) is 8.07 Å². The van der Waals surface area contributed by atoms with E-state index in [1.54, 1.807) is 0 Å². The van der Waals surface area contributed by atoms with Gasteiger partial charge in [0, 0.05) is 0 Å². The van der Waals surface area contributed by atoms with Crippen LogP contribution in [0.3, 0.4) is 0 Å². The summed E-state index contributed by atoms with van der Waals surface area (Å²) in [5.74, 6) is -3.83. The molecule has 24 heavy (non-hydrogen) atoms. The lowest BCUT2D eigenvalue weighted by Crippen LogP contribution is -2.72. The van der Waals surface area contributed by atoms with Crippen molar-refractivity contribution >= 4 is 20.0 Å². The Kier molecular flexibility index (Phi) is 8.66. The Morgan fingerprint density at radius 1 is 0.917 bits per heavy atom. The molecule has 0 aliphatic carbocycles. The van der Waals surface area contributed by atoms with Crippen LogP contribution in [0.1, 0.15) is 74.1 Å². The molecule has 0 saturated heterocycles. The van der Waals surface area contributed by atoms with Gasteiger partial charge in [0.2, 0.25) is 0 Å². The van der Waals surface area contributed by atoms with Crippen LogP contribution in [0.5, 0.6) is 0 Å². The fourth-order valence-corrected chi connectivity index (χ4v) is 12.9. The number of aliphatic carboxylic acids is 2. The topological polar surface area (TPSA) is 94.8 Å². The molecule has 5 nitrogen and oxygen atoms in total. The molecule has 0 saturated carbocycles. The summed E-state index contributed by atoms with van der Waals surface area (Å²) in [6.45, 7) is 13.6. The smallest absolute Gasteiger partial charge is 0.333 e. The van der Waals surface area contributed by atoms with Gasteiger partial charge in [-0.1, -0.05) is 67.7 Å². The SMILES string of the molecule is CCCCCC(C(=O)O)C(O)(C(=O)O)[Si](C(C)C)(C(C)C)C(C)C. The van der Waals surface area contributed by atoms with Crippen molar-refractivity contribution in [3.8, 4) is 0 Å². The quantitative estimate of drug-likeness (QED) is 0.377. The van der Waals surface area contributed by atoms with E-state index in [-0.39, 0.29) is 23.0 Å². The third-order valence-electron chi connectivity index (χ3n) is 5.75. The highest BCUT2D eigenvalue weighted by Gasteiger charge is 2.67. The van der Waals surface area contributed by atoms with Crippen LogP contribution in [0.2, 0.25) is 16.6 Å². The summed E-state index contributed by atoms with van der Waals surface area (Å²) in [7, 11) is -2.96. The van der Waals surface area contributed by atoms with E-state index >= 15 is 0 Å². The first-order valence-electron chi connectivity index (χ1n) is 9.10. The number of unbranched alkanes of at least 4 members (excludes halogenated alkanes) is 2. The van der Waals surface area contributed by atoms with Crippen LogP contribution in [0.15, 0.2) is 0 Å². The Morgan fingerprint density at radius 2 is 1.33 bits per heavy atom. The zero-order chi connectivity index (χ0) is 19.3. The predicted molar refractivity (Wildman–Crippen MR) is 98.9 cm³/mol. The molecular formula is C18H36O5Si. The minimum Gasteiger partial charge on any atom is -0.481 e. The first-order valence-corrected chi connectivity index (χ1v) is 11.3. The van der Waals surface area contributed by atoms with Crippen LogP contribution in [-0.2, 0) is 9.59 Å². The molecule has 0 aromatic heterocycles. The number of carboxylic acid groups (broad SMARTS) is 2. The standard InChI is InChI=1S/C18H36O5Si/c1-8-9-10-11-15(16(19)20)18(23,17(21)22)24(12(2)3,13(4)5)14(6)7/h12-15,23H,8-11H2,1-7H3,(H,19,20)(H,21,22). The summed E-state index contributed by atoms with van der Waals surface area (Å²) >= 11 is 0. The second-order valence-electron chi connectivity index (χ2n) is 7.86. The first-order chi connectivity index (χ1) is 10.9. The maximum absolute atomic E-state index is 12.3. The van der Waals surface area contributed by atoms with Crippen LogP contribution in [-0.4, -0.2) is 40.6 Å². The van der Waals surface area contributed by atoms with E-state index in [0.717, 1.165) is 12.8 Å². The molecule has 0 aromatic carbocycles. The molecule has 2 atom stereocenters. The molecule has 3 N–H and O–H groups in total. The second kappa shape index (κ2) is 8.99. The zero-order valence-corrected chi connectivity index (χ0v) is 17.3. The normalized spacial score (nSPS) is 16.5. The number of rotatable bonds is 11. The molecule has 0 heterocycles. The summed E-state index contributed by atoms with van der Waals surface area (Å²) in [4.78, 5) is 24.2. The summed E-state index contributed by atoms with van der Waals surface area (Å²) in [6, 6.07) is 0. The molecule has 0 radical (unpaired) electrons. The van der Waals surface area contributed by atoms with Crippen molar-refractivity contribution in [2.45, 2.75) is 96.0 Å². The molecule has 0 aromatic rings. The molecule has 0 bridgehead atoms. The van der Waals surface area contributed by atoms with E-state index in [4.69, 9.17) is 0 Å². The number of hydrogen-bond donors (Lipinski definition) is 3. The second-order valence-corrected chi connectivity index (χ2v) is 13.9. The van der Waals surface area contributed by atoms with Gasteiger partial charge in [-0.05, 0) is 23.0 Å². The van der Waals surface area contributed by atoms with Gasteiger partial charge in [-0.2, -0.15) is 0 Å². The monoisotopic (exact) mass is 360 g/mol. The molecular weight excluding hydrogens is 324 g/mol. The van der Waals surface area contributed by atoms with Crippen LogP contribution < -0.4 is 0 Å². The number of aliphatic hydroxyl groups is 1. The van der Waals surface area contributed by atoms with Gasteiger partial charge in [0.05, 0.1) is 5.92 Å². The third-order valence-corrected chi connectivity index (χ3v) is 13.4. The average molecular weight is 361 g/mol. The van der Waals surface area contributed by atoms with E-state index in [9.17, 15) is 24.9 Å². The van der Waals surface area contributed by atoms with Gasteiger partial charge in [-0.3, -0.25) is 4.79 Å². The molecule has 0 rings (SSSR count). The Morgan fingerprint density at radius 3 is 1.58 bits per heavy atom. The minimum absolute atomic E-state index is 0.0494. The van der Waals surface area contributed by atoms with Crippen molar-refractivity contribution in [3.05, 3.63) is 0 Å². The Labute approximate surface area is 147 Å². The van der Waals surface area contributed by atoms with Crippen molar-refractivity contribution in [2.24, 2.45) is 5.92 Å². The molecule has 0 amide bonds. The summed E-state index contributed by atoms with van der Waals surface area (Å²) in [5.41, 5.74) is -0.148. The van der Waals surface area contributed by atoms with Gasteiger partial charge >= 0.3 is 11.9 Å². The largest absolute Gasteiger partial charge is 0.481 e. The first kappa shape index (κ1) is 23.1. The van der Waals surface area contributed by atoms with Gasteiger partial charge in [-0.25, -0.2) is 4.79 Å². The van der Waals surface area contributed by atoms with E-state index in [2.05, 4.69) is 0 Å². The maximum atomic E-state index is 12.3. The zero-order valence-electron chi connectivity index (χ0n) is 16.3. The van der Waals surface area contributed by atoms with Crippen LogP contribution in [0, 0.1) is 5.92 Å². The van der Waals surface area contributed by atoms with Crippen molar-refractivity contribution in [2.75, 3.05) is 0 Å². The van der Waals surface area contributed by atoms with Gasteiger partial charge in [0.15, 0.2) is 5.22 Å². The molecule has 142 valence electrons. The average Bonchev–Trinajstić information content (AvgIpc) is 2.41. The van der Waals surface area contributed by atoms with E-state index in [1.807, 2.05) is 48.5 Å². The molecule has 0 aliphatic rings. The molecule has 0 aliphatic heterocycles. The Balaban J connectivity index is 6.42. The van der Waals surface area contributed by atoms with Gasteiger partial charge < -0.3 is 15.3 Å². The van der Waals surface area contributed by atoms with Crippen molar-refractivity contribution in [1.29, 1.82) is 0 Å². The molecule has 2 unspecified atom stereocenters. The number of carboxylic acids is 2. The summed E-state index contributed by atoms with van der Waals surface area (Å²) < 4.78 is 0. The van der Waals surface area contributed by atoms with Crippen LogP contribution >= 0.6 is 0 Å². The molecule has 0 fully saturated rings. The van der Waals surface area contributed by atoms with Crippen molar-refractivity contribution < 1.29 is 24.9 Å². The van der Waals surface area contributed by atoms with E-state index in [1.165, 1.54) is 0 Å². The maximum Gasteiger partial charge on any atom is 0.333 e. The molecule has 6 heteroatoms. The predicted octanol–water partition coefficient (Wildman–Crippen LogP) is 4.30. The lowest BCUT2D eigenvalue weighted by Gasteiger charge is -2.53. The number of hydrogen-bond acceptors (Lipinski definition) is 3. The lowest BCUT2D eigenvalue weighted by atomic mass is 9.94. The lowest BCUT2D eigenvalue weighted by molar-refractivity contribution is -0.166. The summed E-state index contributed by atoms with van der Waals surface area (Å²) in [6.07, 6.45) is 2.56. The van der Waals surface area contributed by atoms with Crippen molar-refractivity contribution in [1.82, 2.24) is 0 Å². The van der Waals surface area contributed by atoms with Crippen LogP contribution in [0.4, 0.5) is 0 Å². The Hall–Kier alpha value is -0.883.